The van der Waals surface area contributed by atoms with Crippen molar-refractivity contribution in [2.45, 2.75) is 26.3 Å². The van der Waals surface area contributed by atoms with Gasteiger partial charge in [-0.1, -0.05) is 36.4 Å². The van der Waals surface area contributed by atoms with Crippen LogP contribution in [0.25, 0.3) is 11.1 Å². The van der Waals surface area contributed by atoms with E-state index in [2.05, 4.69) is 5.32 Å². The molecular weight excluding hydrogens is 290 g/mol. The fourth-order valence-corrected chi connectivity index (χ4v) is 2.53. The summed E-state index contributed by atoms with van der Waals surface area (Å²) in [4.78, 5) is 22.7. The lowest BCUT2D eigenvalue weighted by Crippen LogP contribution is -2.31. The Hall–Kier alpha value is -2.62. The molecule has 2 aromatic carbocycles. The van der Waals surface area contributed by atoms with Gasteiger partial charge in [-0.15, -0.1) is 0 Å². The molecule has 120 valence electrons. The lowest BCUT2D eigenvalue weighted by atomic mass is 10.00. The number of benzene rings is 2. The molecule has 1 unspecified atom stereocenters. The van der Waals surface area contributed by atoms with E-state index in [1.807, 2.05) is 49.4 Å². The van der Waals surface area contributed by atoms with Gasteiger partial charge in [-0.3, -0.25) is 4.79 Å². The molecule has 0 heterocycles. The molecule has 4 nitrogen and oxygen atoms in total. The maximum Gasteiger partial charge on any atom is 0.337 e. The molecule has 0 fully saturated rings. The maximum atomic E-state index is 11.6. The van der Waals surface area contributed by atoms with Crippen LogP contribution in [0.1, 0.15) is 29.8 Å². The predicted molar refractivity (Wildman–Crippen MR) is 90.2 cm³/mol. The van der Waals surface area contributed by atoms with Crippen molar-refractivity contribution in [3.05, 3.63) is 59.7 Å². The highest BCUT2D eigenvalue weighted by Gasteiger charge is 2.08. The second-order valence-electron chi connectivity index (χ2n) is 5.58. The van der Waals surface area contributed by atoms with Crippen LogP contribution < -0.4 is 5.32 Å². The molecule has 4 heteroatoms. The number of carbonyl (C=O) groups is 2. The summed E-state index contributed by atoms with van der Waals surface area (Å²) in [6.45, 7) is 3.50. The SMILES string of the molecule is COC(=O)c1cccc(-c2ccc(CC(C)NC(C)=O)cc2)c1. The number of ether oxygens (including phenoxy) is 1. The first-order valence-electron chi connectivity index (χ1n) is 7.54. The van der Waals surface area contributed by atoms with Crippen LogP contribution in [0, 0.1) is 0 Å². The van der Waals surface area contributed by atoms with Crippen LogP contribution in [0.3, 0.4) is 0 Å². The number of amides is 1. The van der Waals surface area contributed by atoms with E-state index in [-0.39, 0.29) is 17.9 Å². The minimum atomic E-state index is -0.340. The van der Waals surface area contributed by atoms with Gasteiger partial charge in [-0.2, -0.15) is 0 Å². The number of rotatable bonds is 5. The number of carbonyl (C=O) groups excluding carboxylic acids is 2. The van der Waals surface area contributed by atoms with Crippen LogP contribution in [-0.2, 0) is 16.0 Å². The van der Waals surface area contributed by atoms with E-state index in [1.165, 1.54) is 14.0 Å². The quantitative estimate of drug-likeness (QED) is 0.863. The highest BCUT2D eigenvalue weighted by Crippen LogP contribution is 2.21. The van der Waals surface area contributed by atoms with Crippen molar-refractivity contribution in [2.24, 2.45) is 0 Å². The lowest BCUT2D eigenvalue weighted by Gasteiger charge is -2.13. The van der Waals surface area contributed by atoms with Gasteiger partial charge in [0.25, 0.3) is 0 Å². The van der Waals surface area contributed by atoms with Crippen LogP contribution in [0.4, 0.5) is 0 Å². The Morgan fingerprint density at radius 2 is 1.78 bits per heavy atom. The van der Waals surface area contributed by atoms with Crippen molar-refractivity contribution in [1.82, 2.24) is 5.32 Å². The molecule has 2 rings (SSSR count). The largest absolute Gasteiger partial charge is 0.465 e. The summed E-state index contributed by atoms with van der Waals surface area (Å²) in [6.07, 6.45) is 0.780. The van der Waals surface area contributed by atoms with Gasteiger partial charge in [0.1, 0.15) is 0 Å². The van der Waals surface area contributed by atoms with Crippen LogP contribution in [-0.4, -0.2) is 25.0 Å². The minimum Gasteiger partial charge on any atom is -0.465 e. The van der Waals surface area contributed by atoms with Gasteiger partial charge in [0.15, 0.2) is 0 Å². The van der Waals surface area contributed by atoms with Gasteiger partial charge < -0.3 is 10.1 Å². The van der Waals surface area contributed by atoms with E-state index in [1.54, 1.807) is 6.07 Å². The van der Waals surface area contributed by atoms with Crippen LogP contribution in [0.15, 0.2) is 48.5 Å². The molecule has 0 spiro atoms. The summed E-state index contributed by atoms with van der Waals surface area (Å²) >= 11 is 0. The van der Waals surface area contributed by atoms with Crippen molar-refractivity contribution >= 4 is 11.9 Å². The number of esters is 1. The zero-order chi connectivity index (χ0) is 16.8. The average molecular weight is 311 g/mol. The summed E-state index contributed by atoms with van der Waals surface area (Å²) < 4.78 is 4.75. The Labute approximate surface area is 136 Å². The molecule has 0 aliphatic carbocycles. The van der Waals surface area contributed by atoms with E-state index >= 15 is 0 Å². The van der Waals surface area contributed by atoms with Crippen molar-refractivity contribution < 1.29 is 14.3 Å². The predicted octanol–water partition coefficient (Wildman–Crippen LogP) is 3.21. The number of methoxy groups -OCH3 is 1. The number of nitrogens with one attached hydrogen (secondary N) is 1. The number of hydrogen-bond acceptors (Lipinski definition) is 3. The molecule has 0 aromatic heterocycles. The minimum absolute atomic E-state index is 0.0197. The molecule has 23 heavy (non-hydrogen) atoms. The van der Waals surface area contributed by atoms with E-state index in [0.717, 1.165) is 23.1 Å². The van der Waals surface area contributed by atoms with Crippen LogP contribution in [0.2, 0.25) is 0 Å². The summed E-state index contributed by atoms with van der Waals surface area (Å²) in [5.41, 5.74) is 3.69. The molecule has 0 aliphatic rings. The highest BCUT2D eigenvalue weighted by molar-refractivity contribution is 5.90. The van der Waals surface area contributed by atoms with E-state index < -0.39 is 0 Å². The van der Waals surface area contributed by atoms with Gasteiger partial charge >= 0.3 is 5.97 Å². The summed E-state index contributed by atoms with van der Waals surface area (Å²) in [5.74, 6) is -0.360. The van der Waals surface area contributed by atoms with Gasteiger partial charge in [-0.25, -0.2) is 4.79 Å². The molecular formula is C19H21NO3. The summed E-state index contributed by atoms with van der Waals surface area (Å²) in [5, 5.41) is 2.87. The third-order valence-corrected chi connectivity index (χ3v) is 3.56. The van der Waals surface area contributed by atoms with Crippen molar-refractivity contribution in [1.29, 1.82) is 0 Å². The molecule has 2 aromatic rings. The maximum absolute atomic E-state index is 11.6. The highest BCUT2D eigenvalue weighted by atomic mass is 16.5. The van der Waals surface area contributed by atoms with Gasteiger partial charge in [-0.05, 0) is 42.2 Å². The smallest absolute Gasteiger partial charge is 0.337 e. The van der Waals surface area contributed by atoms with Crippen LogP contribution in [0.5, 0.6) is 0 Å². The third kappa shape index (κ3) is 4.68. The summed E-state index contributed by atoms with van der Waals surface area (Å²) in [7, 11) is 1.38. The standard InChI is InChI=1S/C19H21NO3/c1-13(20-14(2)21)11-15-7-9-16(10-8-15)17-5-4-6-18(12-17)19(22)23-3/h4-10,12-13H,11H2,1-3H3,(H,20,21). The Bertz CT molecular complexity index is 692. The molecule has 0 saturated heterocycles. The Morgan fingerprint density at radius 3 is 2.39 bits per heavy atom. The first-order chi connectivity index (χ1) is 11.0. The van der Waals surface area contributed by atoms with Gasteiger partial charge in [0.2, 0.25) is 5.91 Å². The molecule has 0 saturated carbocycles. The molecule has 0 aliphatic heterocycles. The Balaban J connectivity index is 2.13. The first kappa shape index (κ1) is 16.7. The molecule has 0 radical (unpaired) electrons. The fourth-order valence-electron chi connectivity index (χ4n) is 2.53. The molecule has 1 amide bonds. The summed E-state index contributed by atoms with van der Waals surface area (Å²) in [6, 6.07) is 15.6. The monoisotopic (exact) mass is 311 g/mol. The average Bonchev–Trinajstić information content (AvgIpc) is 2.54. The molecule has 1 N–H and O–H groups in total. The van der Waals surface area contributed by atoms with Gasteiger partial charge in [0, 0.05) is 13.0 Å². The van der Waals surface area contributed by atoms with Crippen molar-refractivity contribution in [3.8, 4) is 11.1 Å². The topological polar surface area (TPSA) is 55.4 Å². The normalized spacial score (nSPS) is 11.6. The molecule has 1 atom stereocenters. The van der Waals surface area contributed by atoms with Crippen LogP contribution >= 0.6 is 0 Å². The Morgan fingerprint density at radius 1 is 1.09 bits per heavy atom. The molecule has 0 bridgehead atoms. The zero-order valence-corrected chi connectivity index (χ0v) is 13.6. The Kier molecular flexibility index (Phi) is 5.52. The number of hydrogen-bond donors (Lipinski definition) is 1. The zero-order valence-electron chi connectivity index (χ0n) is 13.6. The second kappa shape index (κ2) is 7.58. The van der Waals surface area contributed by atoms with Gasteiger partial charge in [0.05, 0.1) is 12.7 Å². The van der Waals surface area contributed by atoms with E-state index in [4.69, 9.17) is 4.74 Å². The van der Waals surface area contributed by atoms with E-state index in [9.17, 15) is 9.59 Å². The van der Waals surface area contributed by atoms with Crippen molar-refractivity contribution in [3.63, 3.8) is 0 Å². The van der Waals surface area contributed by atoms with Crippen molar-refractivity contribution in [2.75, 3.05) is 7.11 Å². The first-order valence-corrected chi connectivity index (χ1v) is 7.54. The fraction of sp³-hybridized carbons (Fsp3) is 0.263. The third-order valence-electron chi connectivity index (χ3n) is 3.56. The van der Waals surface area contributed by atoms with E-state index in [0.29, 0.717) is 5.56 Å². The second-order valence-corrected chi connectivity index (χ2v) is 5.58. The lowest BCUT2D eigenvalue weighted by molar-refractivity contribution is -0.119.